The van der Waals surface area contributed by atoms with Crippen molar-refractivity contribution in [1.29, 1.82) is 0 Å². The summed E-state index contributed by atoms with van der Waals surface area (Å²) in [5, 5.41) is 3.75. The third kappa shape index (κ3) is 4.41. The van der Waals surface area contributed by atoms with Gasteiger partial charge in [0.2, 0.25) is 5.91 Å². The molecule has 1 fully saturated rings. The van der Waals surface area contributed by atoms with Gasteiger partial charge in [-0.3, -0.25) is 14.2 Å². The maximum Gasteiger partial charge on any atom is 0.262 e. The van der Waals surface area contributed by atoms with Crippen LogP contribution in [0.5, 0.6) is 0 Å². The monoisotopic (exact) mass is 407 g/mol. The lowest BCUT2D eigenvalue weighted by molar-refractivity contribution is -0.120. The molecular formula is C18H21N3O4S2. The number of rotatable bonds is 6. The summed E-state index contributed by atoms with van der Waals surface area (Å²) in [4.78, 5) is 29.5. The summed E-state index contributed by atoms with van der Waals surface area (Å²) in [7, 11) is -3.10. The van der Waals surface area contributed by atoms with Gasteiger partial charge in [-0.2, -0.15) is 0 Å². The molecule has 1 aliphatic heterocycles. The molecule has 1 amide bonds. The van der Waals surface area contributed by atoms with Crippen LogP contribution >= 0.6 is 11.8 Å². The first-order valence-corrected chi connectivity index (χ1v) is 11.3. The van der Waals surface area contributed by atoms with Gasteiger partial charge in [-0.15, -0.1) is 6.58 Å². The van der Waals surface area contributed by atoms with Crippen molar-refractivity contribution < 1.29 is 13.2 Å². The first-order valence-electron chi connectivity index (χ1n) is 8.48. The van der Waals surface area contributed by atoms with Crippen molar-refractivity contribution in [3.8, 4) is 0 Å². The van der Waals surface area contributed by atoms with Crippen molar-refractivity contribution in [2.75, 3.05) is 17.3 Å². The lowest BCUT2D eigenvalue weighted by Crippen LogP contribution is -2.47. The maximum absolute atomic E-state index is 12.7. The molecule has 0 bridgehead atoms. The number of amides is 1. The van der Waals surface area contributed by atoms with E-state index in [4.69, 9.17) is 0 Å². The minimum Gasteiger partial charge on any atom is -0.349 e. The average molecular weight is 408 g/mol. The van der Waals surface area contributed by atoms with E-state index in [0.717, 1.165) is 11.8 Å². The van der Waals surface area contributed by atoms with Crippen LogP contribution in [0.4, 0.5) is 0 Å². The smallest absolute Gasteiger partial charge is 0.262 e. The molecule has 3 rings (SSSR count). The van der Waals surface area contributed by atoms with E-state index in [1.807, 2.05) is 0 Å². The molecule has 1 N–H and O–H groups in total. The van der Waals surface area contributed by atoms with Crippen molar-refractivity contribution in [3.63, 3.8) is 0 Å². The second kappa shape index (κ2) is 7.47. The number of benzene rings is 1. The SMILES string of the molecule is C=CCn1c(SCC(=O)NC2(C)CCS(=O)(=O)C2)nc2ccccc2c1=O. The Balaban J connectivity index is 1.78. The fourth-order valence-electron chi connectivity index (χ4n) is 3.16. The summed E-state index contributed by atoms with van der Waals surface area (Å²) in [6.45, 7) is 5.70. The van der Waals surface area contributed by atoms with Gasteiger partial charge in [0.05, 0.1) is 33.7 Å². The first kappa shape index (κ1) is 19.6. The highest BCUT2D eigenvalue weighted by molar-refractivity contribution is 7.99. The summed E-state index contributed by atoms with van der Waals surface area (Å²) in [5.74, 6) is -0.210. The quantitative estimate of drug-likeness (QED) is 0.441. The third-order valence-corrected chi connectivity index (χ3v) is 7.29. The van der Waals surface area contributed by atoms with Crippen LogP contribution in [0, 0.1) is 0 Å². The zero-order valence-electron chi connectivity index (χ0n) is 15.0. The molecule has 27 heavy (non-hydrogen) atoms. The number of carbonyl (C=O) groups excluding carboxylic acids is 1. The van der Waals surface area contributed by atoms with Gasteiger partial charge in [0.1, 0.15) is 0 Å². The predicted molar refractivity (Wildman–Crippen MR) is 107 cm³/mol. The minimum absolute atomic E-state index is 0.0392. The number of allylic oxidation sites excluding steroid dienone is 1. The second-order valence-electron chi connectivity index (χ2n) is 6.86. The Morgan fingerprint density at radius 1 is 1.44 bits per heavy atom. The van der Waals surface area contributed by atoms with E-state index in [0.29, 0.717) is 22.5 Å². The predicted octanol–water partition coefficient (Wildman–Crippen LogP) is 1.37. The molecule has 1 unspecified atom stereocenters. The van der Waals surface area contributed by atoms with Crippen molar-refractivity contribution in [2.24, 2.45) is 0 Å². The zero-order valence-corrected chi connectivity index (χ0v) is 16.6. The lowest BCUT2D eigenvalue weighted by Gasteiger charge is -2.23. The van der Waals surface area contributed by atoms with Crippen LogP contribution in [0.25, 0.3) is 10.9 Å². The first-order chi connectivity index (χ1) is 12.7. The summed E-state index contributed by atoms with van der Waals surface area (Å²) in [6.07, 6.45) is 2.01. The summed E-state index contributed by atoms with van der Waals surface area (Å²) in [6, 6.07) is 7.05. The normalized spacial score (nSPS) is 21.2. The largest absolute Gasteiger partial charge is 0.349 e. The molecule has 0 spiro atoms. The number of nitrogens with one attached hydrogen (secondary N) is 1. The number of thioether (sulfide) groups is 1. The molecule has 1 aliphatic rings. The molecule has 144 valence electrons. The third-order valence-electron chi connectivity index (χ3n) is 4.42. The number of hydrogen-bond donors (Lipinski definition) is 1. The molecule has 1 aromatic heterocycles. The number of fused-ring (bicyclic) bond motifs is 1. The Labute approximate surface area is 161 Å². The van der Waals surface area contributed by atoms with Crippen LogP contribution in [0.1, 0.15) is 13.3 Å². The number of nitrogens with zero attached hydrogens (tertiary/aromatic N) is 2. The zero-order chi connectivity index (χ0) is 19.7. The van der Waals surface area contributed by atoms with Gasteiger partial charge in [-0.25, -0.2) is 13.4 Å². The number of carbonyl (C=O) groups is 1. The van der Waals surface area contributed by atoms with Crippen molar-refractivity contribution in [3.05, 3.63) is 47.3 Å². The molecule has 0 aliphatic carbocycles. The summed E-state index contributed by atoms with van der Waals surface area (Å²) in [5.41, 5.74) is -0.356. The molecule has 0 radical (unpaired) electrons. The van der Waals surface area contributed by atoms with Gasteiger partial charge in [0.25, 0.3) is 5.56 Å². The van der Waals surface area contributed by atoms with Gasteiger partial charge < -0.3 is 5.32 Å². The van der Waals surface area contributed by atoms with E-state index in [2.05, 4.69) is 16.9 Å². The summed E-state index contributed by atoms with van der Waals surface area (Å²) >= 11 is 1.15. The molecule has 1 saturated heterocycles. The molecule has 2 aromatic rings. The summed E-state index contributed by atoms with van der Waals surface area (Å²) < 4.78 is 24.8. The van der Waals surface area contributed by atoms with Gasteiger partial charge in [-0.05, 0) is 25.5 Å². The van der Waals surface area contributed by atoms with Crippen molar-refractivity contribution in [1.82, 2.24) is 14.9 Å². The molecular weight excluding hydrogens is 386 g/mol. The van der Waals surface area contributed by atoms with Gasteiger partial charge in [-0.1, -0.05) is 30.0 Å². The van der Waals surface area contributed by atoms with Crippen molar-refractivity contribution in [2.45, 2.75) is 30.6 Å². The Hall–Kier alpha value is -2.13. The second-order valence-corrected chi connectivity index (χ2v) is 9.98. The number of aromatic nitrogens is 2. The molecule has 7 nitrogen and oxygen atoms in total. The van der Waals surface area contributed by atoms with E-state index >= 15 is 0 Å². The highest BCUT2D eigenvalue weighted by Crippen LogP contribution is 2.23. The number of sulfone groups is 1. The highest BCUT2D eigenvalue weighted by Gasteiger charge is 2.39. The van der Waals surface area contributed by atoms with Crippen LogP contribution in [-0.4, -0.2) is 46.7 Å². The van der Waals surface area contributed by atoms with Crippen LogP contribution in [0.15, 0.2) is 46.9 Å². The Morgan fingerprint density at radius 2 is 2.19 bits per heavy atom. The van der Waals surface area contributed by atoms with Crippen LogP contribution in [0.3, 0.4) is 0 Å². The Morgan fingerprint density at radius 3 is 2.85 bits per heavy atom. The average Bonchev–Trinajstić information content (AvgIpc) is 2.88. The van der Waals surface area contributed by atoms with Crippen LogP contribution < -0.4 is 10.9 Å². The molecule has 9 heteroatoms. The van der Waals surface area contributed by atoms with E-state index in [9.17, 15) is 18.0 Å². The minimum atomic E-state index is -3.10. The molecule has 1 aromatic carbocycles. The van der Waals surface area contributed by atoms with E-state index < -0.39 is 15.4 Å². The van der Waals surface area contributed by atoms with Crippen molar-refractivity contribution >= 4 is 38.4 Å². The molecule has 1 atom stereocenters. The lowest BCUT2D eigenvalue weighted by atomic mass is 10.0. The Kier molecular flexibility index (Phi) is 5.43. The van der Waals surface area contributed by atoms with E-state index in [-0.39, 0.29) is 35.3 Å². The van der Waals surface area contributed by atoms with E-state index in [1.54, 1.807) is 37.3 Å². The maximum atomic E-state index is 12.7. The van der Waals surface area contributed by atoms with E-state index in [1.165, 1.54) is 4.57 Å². The standard InChI is InChI=1S/C18H21N3O4S2/c1-3-9-21-16(23)13-6-4-5-7-14(13)19-17(21)26-11-15(22)20-18(2)8-10-27(24,25)12-18/h3-7H,1,8-12H2,2H3,(H,20,22). The topological polar surface area (TPSA) is 98.1 Å². The number of hydrogen-bond acceptors (Lipinski definition) is 6. The van der Waals surface area contributed by atoms with Crippen LogP contribution in [-0.2, 0) is 21.2 Å². The van der Waals surface area contributed by atoms with Gasteiger partial charge >= 0.3 is 0 Å². The highest BCUT2D eigenvalue weighted by atomic mass is 32.2. The molecule has 2 heterocycles. The van der Waals surface area contributed by atoms with Gasteiger partial charge in [0.15, 0.2) is 15.0 Å². The van der Waals surface area contributed by atoms with Gasteiger partial charge in [0, 0.05) is 6.54 Å². The fraction of sp³-hybridized carbons (Fsp3) is 0.389. The van der Waals surface area contributed by atoms with Crippen LogP contribution in [0.2, 0.25) is 0 Å². The Bertz CT molecular complexity index is 1060. The fourth-order valence-corrected chi connectivity index (χ4v) is 6.06. The number of para-hydroxylation sites is 1. The molecule has 0 saturated carbocycles.